The Hall–Kier alpha value is -1.11. The van der Waals surface area contributed by atoms with Crippen molar-refractivity contribution >= 4 is 6.21 Å². The summed E-state index contributed by atoms with van der Waals surface area (Å²) in [4.78, 5) is 3.86. The summed E-state index contributed by atoms with van der Waals surface area (Å²) < 4.78 is 0. The van der Waals surface area contributed by atoms with Crippen LogP contribution in [0.3, 0.4) is 0 Å². The van der Waals surface area contributed by atoms with Crippen LogP contribution in [-0.2, 0) is 0 Å². The Morgan fingerprint density at radius 1 is 1.67 bits per heavy atom. The SMILES string of the molecule is CN=Cc1c[c]ccc1. The molecule has 1 aromatic rings. The van der Waals surface area contributed by atoms with E-state index < -0.39 is 0 Å². The van der Waals surface area contributed by atoms with Crippen LogP contribution in [-0.4, -0.2) is 13.3 Å². The molecule has 0 heterocycles. The first kappa shape index (κ1) is 6.02. The van der Waals surface area contributed by atoms with Gasteiger partial charge in [0.05, 0.1) is 0 Å². The minimum Gasteiger partial charge on any atom is -0.296 e. The van der Waals surface area contributed by atoms with Crippen molar-refractivity contribution in [2.75, 3.05) is 7.05 Å². The van der Waals surface area contributed by atoms with Gasteiger partial charge < -0.3 is 0 Å². The van der Waals surface area contributed by atoms with Crippen molar-refractivity contribution in [1.29, 1.82) is 0 Å². The highest BCUT2D eigenvalue weighted by atomic mass is 14.6. The van der Waals surface area contributed by atoms with Crippen molar-refractivity contribution < 1.29 is 0 Å². The maximum absolute atomic E-state index is 3.86. The average Bonchev–Trinajstić information content (AvgIpc) is 1.91. The van der Waals surface area contributed by atoms with Crippen LogP contribution in [0.4, 0.5) is 0 Å². The van der Waals surface area contributed by atoms with Crippen molar-refractivity contribution in [3.8, 4) is 0 Å². The average molecular weight is 118 g/mol. The van der Waals surface area contributed by atoms with E-state index in [1.165, 1.54) is 0 Å². The molecule has 0 amide bonds. The summed E-state index contributed by atoms with van der Waals surface area (Å²) in [6.07, 6.45) is 1.80. The zero-order valence-electron chi connectivity index (χ0n) is 5.33. The molecule has 9 heavy (non-hydrogen) atoms. The molecule has 1 radical (unpaired) electrons. The molecule has 1 rings (SSSR count). The smallest absolute Gasteiger partial charge is 0.0281 e. The molecule has 1 aromatic carbocycles. The van der Waals surface area contributed by atoms with E-state index >= 15 is 0 Å². The summed E-state index contributed by atoms with van der Waals surface area (Å²) in [5.74, 6) is 0. The topological polar surface area (TPSA) is 12.4 Å². The van der Waals surface area contributed by atoms with Crippen molar-refractivity contribution in [2.45, 2.75) is 0 Å². The van der Waals surface area contributed by atoms with E-state index in [4.69, 9.17) is 0 Å². The Kier molecular flexibility index (Phi) is 2.02. The molecule has 1 nitrogen and oxygen atoms in total. The molecular weight excluding hydrogens is 110 g/mol. The van der Waals surface area contributed by atoms with Crippen molar-refractivity contribution in [3.63, 3.8) is 0 Å². The minimum absolute atomic E-state index is 1.10. The summed E-state index contributed by atoms with van der Waals surface area (Å²) in [6, 6.07) is 10.6. The lowest BCUT2D eigenvalue weighted by atomic mass is 10.2. The molecule has 45 valence electrons. The highest BCUT2D eigenvalue weighted by molar-refractivity contribution is 5.79. The fourth-order valence-electron chi connectivity index (χ4n) is 0.637. The Labute approximate surface area is 55.1 Å². The third-order valence-electron chi connectivity index (χ3n) is 1.01. The Balaban J connectivity index is 2.85. The van der Waals surface area contributed by atoms with Gasteiger partial charge in [-0.25, -0.2) is 0 Å². The Bertz CT molecular complexity index is 189. The van der Waals surface area contributed by atoms with Crippen molar-refractivity contribution in [1.82, 2.24) is 0 Å². The molecule has 0 aliphatic rings. The van der Waals surface area contributed by atoms with Gasteiger partial charge in [0.15, 0.2) is 0 Å². The zero-order valence-corrected chi connectivity index (χ0v) is 5.33. The molecule has 0 aliphatic heterocycles. The third-order valence-corrected chi connectivity index (χ3v) is 1.01. The zero-order chi connectivity index (χ0) is 6.53. The van der Waals surface area contributed by atoms with Crippen LogP contribution < -0.4 is 0 Å². The van der Waals surface area contributed by atoms with E-state index in [0.717, 1.165) is 5.56 Å². The maximum atomic E-state index is 3.86. The molecular formula is C8H8N. The second kappa shape index (κ2) is 3.02. The summed E-state index contributed by atoms with van der Waals surface area (Å²) in [5, 5.41) is 0. The quantitative estimate of drug-likeness (QED) is 0.496. The Morgan fingerprint density at radius 2 is 2.56 bits per heavy atom. The fourth-order valence-corrected chi connectivity index (χ4v) is 0.637. The first-order valence-corrected chi connectivity index (χ1v) is 2.82. The van der Waals surface area contributed by atoms with Gasteiger partial charge in [-0.3, -0.25) is 4.99 Å². The highest BCUT2D eigenvalue weighted by Gasteiger charge is 1.79. The molecule has 0 unspecified atom stereocenters. The van der Waals surface area contributed by atoms with Crippen LogP contribution in [0, 0.1) is 6.07 Å². The first-order valence-electron chi connectivity index (χ1n) is 2.82. The molecule has 0 N–H and O–H groups in total. The van der Waals surface area contributed by atoms with E-state index in [1.807, 2.05) is 24.3 Å². The van der Waals surface area contributed by atoms with Gasteiger partial charge in [0.1, 0.15) is 0 Å². The van der Waals surface area contributed by atoms with Crippen molar-refractivity contribution in [2.24, 2.45) is 4.99 Å². The van der Waals surface area contributed by atoms with Crippen LogP contribution in [0.25, 0.3) is 0 Å². The van der Waals surface area contributed by atoms with Gasteiger partial charge in [-0.15, -0.1) is 0 Å². The van der Waals surface area contributed by atoms with Crippen LogP contribution in [0.5, 0.6) is 0 Å². The molecule has 0 aromatic heterocycles. The number of aliphatic imine (C=N–C) groups is 1. The molecule has 0 bridgehead atoms. The minimum atomic E-state index is 1.10. The first-order chi connectivity index (χ1) is 4.43. The fraction of sp³-hybridized carbons (Fsp3) is 0.125. The number of hydrogen-bond acceptors (Lipinski definition) is 1. The highest BCUT2D eigenvalue weighted by Crippen LogP contribution is 1.91. The number of nitrogens with zero attached hydrogens (tertiary/aromatic N) is 1. The van der Waals surface area contributed by atoms with Gasteiger partial charge in [-0.1, -0.05) is 18.2 Å². The second-order valence-electron chi connectivity index (χ2n) is 1.72. The van der Waals surface area contributed by atoms with Crippen LogP contribution in [0.15, 0.2) is 29.3 Å². The van der Waals surface area contributed by atoms with E-state index in [0.29, 0.717) is 0 Å². The number of rotatable bonds is 1. The lowest BCUT2D eigenvalue weighted by Crippen LogP contribution is -1.76. The van der Waals surface area contributed by atoms with Crippen LogP contribution in [0.1, 0.15) is 5.56 Å². The number of benzene rings is 1. The van der Waals surface area contributed by atoms with E-state index in [9.17, 15) is 0 Å². The van der Waals surface area contributed by atoms with Crippen LogP contribution in [0.2, 0.25) is 0 Å². The second-order valence-corrected chi connectivity index (χ2v) is 1.72. The van der Waals surface area contributed by atoms with E-state index in [2.05, 4.69) is 11.1 Å². The predicted octanol–water partition coefficient (Wildman–Crippen LogP) is 1.54. The summed E-state index contributed by atoms with van der Waals surface area (Å²) in [7, 11) is 1.76. The number of hydrogen-bond donors (Lipinski definition) is 0. The van der Waals surface area contributed by atoms with Crippen LogP contribution >= 0.6 is 0 Å². The lowest BCUT2D eigenvalue weighted by molar-refractivity contribution is 1.46. The Morgan fingerprint density at radius 3 is 3.11 bits per heavy atom. The third kappa shape index (κ3) is 1.68. The summed E-state index contributed by atoms with van der Waals surface area (Å²) in [5.41, 5.74) is 1.10. The monoisotopic (exact) mass is 118 g/mol. The molecule has 0 spiro atoms. The molecule has 0 saturated carbocycles. The van der Waals surface area contributed by atoms with Gasteiger partial charge in [0.2, 0.25) is 0 Å². The van der Waals surface area contributed by atoms with E-state index in [1.54, 1.807) is 13.3 Å². The van der Waals surface area contributed by atoms with Crippen molar-refractivity contribution in [3.05, 3.63) is 35.9 Å². The standard InChI is InChI=1S/C8H8N/c1-9-7-8-5-3-2-4-6-8/h2-3,5-7H,1H3. The van der Waals surface area contributed by atoms with Gasteiger partial charge in [0, 0.05) is 13.3 Å². The molecule has 1 heteroatoms. The summed E-state index contributed by atoms with van der Waals surface area (Å²) >= 11 is 0. The molecule has 0 atom stereocenters. The molecule has 0 fully saturated rings. The lowest BCUT2D eigenvalue weighted by Gasteiger charge is -1.85. The largest absolute Gasteiger partial charge is 0.296 e. The normalized spacial score (nSPS) is 10.3. The maximum Gasteiger partial charge on any atom is 0.0281 e. The van der Waals surface area contributed by atoms with Gasteiger partial charge in [0.25, 0.3) is 0 Å². The summed E-state index contributed by atoms with van der Waals surface area (Å²) in [6.45, 7) is 0. The van der Waals surface area contributed by atoms with Gasteiger partial charge in [-0.05, 0) is 17.7 Å². The van der Waals surface area contributed by atoms with Gasteiger partial charge >= 0.3 is 0 Å². The molecule has 0 saturated heterocycles. The van der Waals surface area contributed by atoms with Gasteiger partial charge in [-0.2, -0.15) is 0 Å². The molecule has 0 aliphatic carbocycles. The predicted molar refractivity (Wildman–Crippen MR) is 38.8 cm³/mol. The van der Waals surface area contributed by atoms with E-state index in [-0.39, 0.29) is 0 Å².